The lowest BCUT2D eigenvalue weighted by Crippen LogP contribution is -2.41. The molecule has 0 unspecified atom stereocenters. The number of nitrogens with one attached hydrogen (secondary N) is 1. The van der Waals surface area contributed by atoms with Crippen LogP contribution in [0.3, 0.4) is 0 Å². The molecule has 0 heterocycles. The number of hydrogen-bond donors (Lipinski definition) is 1. The molecule has 2 rings (SSSR count). The predicted molar refractivity (Wildman–Crippen MR) is 84.6 cm³/mol. The monoisotopic (exact) mass is 288 g/mol. The van der Waals surface area contributed by atoms with Crippen molar-refractivity contribution in [1.82, 2.24) is 4.90 Å². The Bertz CT molecular complexity index is 507. The van der Waals surface area contributed by atoms with Gasteiger partial charge < -0.3 is 10.2 Å². The van der Waals surface area contributed by atoms with Gasteiger partial charge >= 0.3 is 0 Å². The van der Waals surface area contributed by atoms with Crippen LogP contribution in [-0.4, -0.2) is 36.2 Å². The number of rotatable bonds is 5. The second-order valence-corrected chi connectivity index (χ2v) is 5.79. The maximum atomic E-state index is 12.2. The zero-order valence-electron chi connectivity index (χ0n) is 12.9. The third kappa shape index (κ3) is 4.31. The van der Waals surface area contributed by atoms with E-state index in [1.165, 1.54) is 19.3 Å². The van der Waals surface area contributed by atoms with Crippen molar-refractivity contribution >= 4 is 17.4 Å². The number of amides is 1. The van der Waals surface area contributed by atoms with Crippen molar-refractivity contribution in [3.63, 3.8) is 0 Å². The van der Waals surface area contributed by atoms with Crippen LogP contribution in [0.4, 0.5) is 5.69 Å². The SMILES string of the molecule is CC(=O)c1cccc(NCC(=O)N(C)C2CCCCC2)c1. The Morgan fingerprint density at radius 1 is 1.24 bits per heavy atom. The molecule has 21 heavy (non-hydrogen) atoms. The number of anilines is 1. The summed E-state index contributed by atoms with van der Waals surface area (Å²) in [6.07, 6.45) is 5.95. The van der Waals surface area contributed by atoms with Gasteiger partial charge in [0.25, 0.3) is 0 Å². The van der Waals surface area contributed by atoms with E-state index in [9.17, 15) is 9.59 Å². The first-order valence-corrected chi connectivity index (χ1v) is 7.68. The molecular weight excluding hydrogens is 264 g/mol. The number of carbonyl (C=O) groups is 2. The number of ketones is 1. The molecule has 0 atom stereocenters. The minimum absolute atomic E-state index is 0.0318. The largest absolute Gasteiger partial charge is 0.376 e. The van der Waals surface area contributed by atoms with Crippen molar-refractivity contribution in [3.8, 4) is 0 Å². The summed E-state index contributed by atoms with van der Waals surface area (Å²) in [5, 5.41) is 3.12. The molecule has 1 N–H and O–H groups in total. The molecule has 1 fully saturated rings. The number of benzene rings is 1. The van der Waals surface area contributed by atoms with Gasteiger partial charge in [-0.1, -0.05) is 31.4 Å². The molecule has 114 valence electrons. The van der Waals surface area contributed by atoms with E-state index in [2.05, 4.69) is 5.32 Å². The molecule has 1 aliphatic rings. The lowest BCUT2D eigenvalue weighted by Gasteiger charge is -2.31. The minimum atomic E-state index is 0.0318. The van der Waals surface area contributed by atoms with Crippen molar-refractivity contribution in [3.05, 3.63) is 29.8 Å². The second kappa shape index (κ2) is 7.25. The van der Waals surface area contributed by atoms with Crippen LogP contribution in [0.5, 0.6) is 0 Å². The summed E-state index contributed by atoms with van der Waals surface area (Å²) in [5.41, 5.74) is 1.47. The Hall–Kier alpha value is -1.84. The Morgan fingerprint density at radius 2 is 1.95 bits per heavy atom. The summed E-state index contributed by atoms with van der Waals surface area (Å²) >= 11 is 0. The smallest absolute Gasteiger partial charge is 0.241 e. The summed E-state index contributed by atoms with van der Waals surface area (Å²) < 4.78 is 0. The molecule has 1 saturated carbocycles. The van der Waals surface area contributed by atoms with Crippen LogP contribution < -0.4 is 5.32 Å². The van der Waals surface area contributed by atoms with Gasteiger partial charge in [-0.05, 0) is 31.9 Å². The van der Waals surface area contributed by atoms with E-state index in [-0.39, 0.29) is 18.2 Å². The van der Waals surface area contributed by atoms with Gasteiger partial charge in [-0.15, -0.1) is 0 Å². The number of nitrogens with zero attached hydrogens (tertiary/aromatic N) is 1. The predicted octanol–water partition coefficient (Wildman–Crippen LogP) is 3.09. The van der Waals surface area contributed by atoms with Crippen LogP contribution in [0.15, 0.2) is 24.3 Å². The van der Waals surface area contributed by atoms with Crippen molar-refractivity contribution in [1.29, 1.82) is 0 Å². The average Bonchev–Trinajstić information content (AvgIpc) is 2.53. The zero-order valence-corrected chi connectivity index (χ0v) is 12.9. The summed E-state index contributed by atoms with van der Waals surface area (Å²) in [6, 6.07) is 7.66. The minimum Gasteiger partial charge on any atom is -0.376 e. The third-order valence-corrected chi connectivity index (χ3v) is 4.23. The Kier molecular flexibility index (Phi) is 5.37. The van der Waals surface area contributed by atoms with Gasteiger partial charge in [-0.25, -0.2) is 0 Å². The fourth-order valence-corrected chi connectivity index (χ4v) is 2.82. The fraction of sp³-hybridized carbons (Fsp3) is 0.529. The topological polar surface area (TPSA) is 49.4 Å². The molecule has 0 bridgehead atoms. The van der Waals surface area contributed by atoms with Crippen molar-refractivity contribution < 1.29 is 9.59 Å². The van der Waals surface area contributed by atoms with Gasteiger partial charge in [0.05, 0.1) is 6.54 Å². The van der Waals surface area contributed by atoms with E-state index in [1.54, 1.807) is 19.1 Å². The van der Waals surface area contributed by atoms with Crippen molar-refractivity contribution in [2.45, 2.75) is 45.1 Å². The normalized spacial score (nSPS) is 15.5. The Labute approximate surface area is 126 Å². The van der Waals surface area contributed by atoms with Gasteiger partial charge in [0, 0.05) is 24.3 Å². The quantitative estimate of drug-likeness (QED) is 0.847. The average molecular weight is 288 g/mol. The third-order valence-electron chi connectivity index (χ3n) is 4.23. The Morgan fingerprint density at radius 3 is 2.62 bits per heavy atom. The number of hydrogen-bond acceptors (Lipinski definition) is 3. The van der Waals surface area contributed by atoms with E-state index < -0.39 is 0 Å². The van der Waals surface area contributed by atoms with Gasteiger partial charge in [-0.3, -0.25) is 9.59 Å². The van der Waals surface area contributed by atoms with Crippen LogP contribution in [0.2, 0.25) is 0 Å². The summed E-state index contributed by atoms with van der Waals surface area (Å²) in [7, 11) is 1.89. The second-order valence-electron chi connectivity index (χ2n) is 5.79. The van der Waals surface area contributed by atoms with Crippen LogP contribution in [0.1, 0.15) is 49.4 Å². The first kappa shape index (κ1) is 15.5. The van der Waals surface area contributed by atoms with E-state index in [0.717, 1.165) is 18.5 Å². The molecule has 0 saturated heterocycles. The molecule has 0 aliphatic heterocycles. The molecular formula is C17H24N2O2. The van der Waals surface area contributed by atoms with Crippen LogP contribution in [0, 0.1) is 0 Å². The molecule has 0 spiro atoms. The number of Topliss-reactive ketones (excluding diaryl/α,β-unsaturated/α-hetero) is 1. The van der Waals surface area contributed by atoms with Gasteiger partial charge in [0.1, 0.15) is 0 Å². The highest BCUT2D eigenvalue weighted by Crippen LogP contribution is 2.21. The molecule has 1 aliphatic carbocycles. The number of likely N-dealkylation sites (N-methyl/N-ethyl adjacent to an activating group) is 1. The molecule has 1 amide bonds. The fourth-order valence-electron chi connectivity index (χ4n) is 2.82. The zero-order chi connectivity index (χ0) is 15.2. The molecule has 1 aromatic rings. The maximum absolute atomic E-state index is 12.2. The standard InChI is InChI=1S/C17H24N2O2/c1-13(20)14-7-6-8-15(11-14)18-12-17(21)19(2)16-9-4-3-5-10-16/h6-8,11,16,18H,3-5,9-10,12H2,1-2H3. The Balaban J connectivity index is 1.88. The van der Waals surface area contributed by atoms with Crippen LogP contribution in [0.25, 0.3) is 0 Å². The van der Waals surface area contributed by atoms with Gasteiger partial charge in [0.2, 0.25) is 5.91 Å². The van der Waals surface area contributed by atoms with Gasteiger partial charge in [0.15, 0.2) is 5.78 Å². The summed E-state index contributed by atoms with van der Waals surface area (Å²) in [4.78, 5) is 25.5. The first-order valence-electron chi connectivity index (χ1n) is 7.68. The molecule has 4 nitrogen and oxygen atoms in total. The maximum Gasteiger partial charge on any atom is 0.241 e. The van der Waals surface area contributed by atoms with E-state index >= 15 is 0 Å². The molecule has 4 heteroatoms. The molecule has 0 aromatic heterocycles. The summed E-state index contributed by atoms with van der Waals surface area (Å²) in [6.45, 7) is 1.81. The van der Waals surface area contributed by atoms with Crippen LogP contribution >= 0.6 is 0 Å². The van der Waals surface area contributed by atoms with E-state index in [0.29, 0.717) is 11.6 Å². The molecule has 1 aromatic carbocycles. The summed E-state index contributed by atoms with van der Waals surface area (Å²) in [5.74, 6) is 0.138. The van der Waals surface area contributed by atoms with Crippen LogP contribution in [-0.2, 0) is 4.79 Å². The van der Waals surface area contributed by atoms with Crippen molar-refractivity contribution in [2.24, 2.45) is 0 Å². The highest BCUT2D eigenvalue weighted by Gasteiger charge is 2.21. The highest BCUT2D eigenvalue weighted by molar-refractivity contribution is 5.95. The lowest BCUT2D eigenvalue weighted by molar-refractivity contribution is -0.130. The first-order chi connectivity index (χ1) is 10.1. The van der Waals surface area contributed by atoms with E-state index in [1.807, 2.05) is 24.1 Å². The molecule has 0 radical (unpaired) electrons. The lowest BCUT2D eigenvalue weighted by atomic mass is 9.94. The highest BCUT2D eigenvalue weighted by atomic mass is 16.2. The van der Waals surface area contributed by atoms with Crippen molar-refractivity contribution in [2.75, 3.05) is 18.9 Å². The van der Waals surface area contributed by atoms with E-state index in [4.69, 9.17) is 0 Å². The number of carbonyl (C=O) groups excluding carboxylic acids is 2. The van der Waals surface area contributed by atoms with Gasteiger partial charge in [-0.2, -0.15) is 0 Å².